The second kappa shape index (κ2) is 5.47. The van der Waals surface area contributed by atoms with Crippen molar-refractivity contribution in [3.8, 4) is 10.7 Å². The number of aryl methyl sites for hydroxylation is 1. The summed E-state index contributed by atoms with van der Waals surface area (Å²) in [5.74, 6) is 0. The molecule has 2 N–H and O–H groups in total. The minimum atomic E-state index is 0.683. The first kappa shape index (κ1) is 11.6. The molecule has 2 aromatic heterocycles. The van der Waals surface area contributed by atoms with Crippen LogP contribution in [0.15, 0.2) is 22.8 Å². The van der Waals surface area contributed by atoms with Gasteiger partial charge in [-0.25, -0.2) is 0 Å². The normalized spacial score (nSPS) is 10.6. The molecule has 0 bridgehead atoms. The van der Waals surface area contributed by atoms with E-state index in [1.807, 2.05) is 12.1 Å². The molecule has 0 amide bonds. The van der Waals surface area contributed by atoms with Crippen molar-refractivity contribution < 1.29 is 0 Å². The Bertz CT molecular complexity index is 471. The number of hydrogen-bond donors (Lipinski definition) is 1. The second-order valence-corrected chi connectivity index (χ2v) is 5.14. The molecule has 2 heterocycles. The van der Waals surface area contributed by atoms with Crippen LogP contribution in [0.2, 0.25) is 0 Å². The molecule has 4 nitrogen and oxygen atoms in total. The van der Waals surface area contributed by atoms with Crippen LogP contribution >= 0.6 is 27.3 Å². The van der Waals surface area contributed by atoms with Gasteiger partial charge in [0.15, 0.2) is 5.01 Å². The molecule has 0 aliphatic heterocycles. The first-order chi connectivity index (χ1) is 7.81. The molecule has 0 spiro atoms. The monoisotopic (exact) mass is 298 g/mol. The van der Waals surface area contributed by atoms with Gasteiger partial charge < -0.3 is 5.73 Å². The number of nitrogens with two attached hydrogens (primary N) is 1. The van der Waals surface area contributed by atoms with Gasteiger partial charge in [-0.2, -0.15) is 0 Å². The summed E-state index contributed by atoms with van der Waals surface area (Å²) in [6, 6.07) is 3.83. The Kier molecular flexibility index (Phi) is 3.98. The summed E-state index contributed by atoms with van der Waals surface area (Å²) in [4.78, 5) is 4.28. The SMILES string of the molecule is NCCCc1nnc(-c2ncccc2Br)s1. The molecule has 2 aromatic rings. The summed E-state index contributed by atoms with van der Waals surface area (Å²) in [5.41, 5.74) is 6.30. The maximum atomic E-state index is 5.45. The largest absolute Gasteiger partial charge is 0.330 e. The highest BCUT2D eigenvalue weighted by atomic mass is 79.9. The molecular formula is C10H11BrN4S. The molecule has 16 heavy (non-hydrogen) atoms. The van der Waals surface area contributed by atoms with Crippen LogP contribution in [-0.2, 0) is 6.42 Å². The molecule has 2 rings (SSSR count). The van der Waals surface area contributed by atoms with Crippen molar-refractivity contribution in [3.05, 3.63) is 27.8 Å². The van der Waals surface area contributed by atoms with Crippen LogP contribution in [0.4, 0.5) is 0 Å². The standard InChI is InChI=1S/C10H11BrN4S/c11-7-3-2-6-13-9(7)10-15-14-8(16-10)4-1-5-12/h2-3,6H,1,4-5,12H2. The van der Waals surface area contributed by atoms with Crippen molar-refractivity contribution in [2.24, 2.45) is 5.73 Å². The molecule has 0 unspecified atom stereocenters. The first-order valence-corrected chi connectivity index (χ1v) is 6.55. The highest BCUT2D eigenvalue weighted by molar-refractivity contribution is 9.10. The minimum Gasteiger partial charge on any atom is -0.330 e. The van der Waals surface area contributed by atoms with Crippen LogP contribution in [0.5, 0.6) is 0 Å². The Morgan fingerprint density at radius 1 is 1.38 bits per heavy atom. The second-order valence-electron chi connectivity index (χ2n) is 3.23. The number of nitrogens with zero attached hydrogens (tertiary/aromatic N) is 3. The molecule has 0 saturated heterocycles. The van der Waals surface area contributed by atoms with Gasteiger partial charge in [0.05, 0.1) is 0 Å². The van der Waals surface area contributed by atoms with Crippen molar-refractivity contribution in [1.29, 1.82) is 0 Å². The van der Waals surface area contributed by atoms with Crippen molar-refractivity contribution in [3.63, 3.8) is 0 Å². The van der Waals surface area contributed by atoms with Crippen molar-refractivity contribution in [2.75, 3.05) is 6.54 Å². The molecule has 0 aliphatic carbocycles. The topological polar surface area (TPSA) is 64.7 Å². The maximum Gasteiger partial charge on any atom is 0.167 e. The third kappa shape index (κ3) is 2.63. The Labute approximate surface area is 106 Å². The van der Waals surface area contributed by atoms with E-state index in [2.05, 4.69) is 31.1 Å². The van der Waals surface area contributed by atoms with Crippen LogP contribution < -0.4 is 5.73 Å². The molecule has 84 valence electrons. The molecular weight excluding hydrogens is 288 g/mol. The Morgan fingerprint density at radius 2 is 2.25 bits per heavy atom. The van der Waals surface area contributed by atoms with Crippen LogP contribution in [0.3, 0.4) is 0 Å². The van der Waals surface area contributed by atoms with Crippen LogP contribution in [-0.4, -0.2) is 21.7 Å². The summed E-state index contributed by atoms with van der Waals surface area (Å²) in [6.45, 7) is 0.683. The molecule has 0 aliphatic rings. The lowest BCUT2D eigenvalue weighted by Gasteiger charge is -1.96. The highest BCUT2D eigenvalue weighted by Gasteiger charge is 2.10. The molecule has 0 saturated carbocycles. The zero-order valence-corrected chi connectivity index (χ0v) is 11.0. The highest BCUT2D eigenvalue weighted by Crippen LogP contribution is 2.28. The van der Waals surface area contributed by atoms with Crippen molar-refractivity contribution in [2.45, 2.75) is 12.8 Å². The third-order valence-corrected chi connectivity index (χ3v) is 3.65. The lowest BCUT2D eigenvalue weighted by molar-refractivity contribution is 0.812. The van der Waals surface area contributed by atoms with E-state index < -0.39 is 0 Å². The smallest absolute Gasteiger partial charge is 0.167 e. The van der Waals surface area contributed by atoms with Crippen LogP contribution in [0, 0.1) is 0 Å². The third-order valence-electron chi connectivity index (χ3n) is 2.02. The number of aromatic nitrogens is 3. The van der Waals surface area contributed by atoms with E-state index >= 15 is 0 Å². The Balaban J connectivity index is 2.22. The lowest BCUT2D eigenvalue weighted by Crippen LogP contribution is -1.99. The zero-order valence-electron chi connectivity index (χ0n) is 8.56. The van der Waals surface area contributed by atoms with Crippen molar-refractivity contribution in [1.82, 2.24) is 15.2 Å². The molecule has 0 aromatic carbocycles. The number of rotatable bonds is 4. The Morgan fingerprint density at radius 3 is 3.00 bits per heavy atom. The minimum absolute atomic E-state index is 0.683. The van der Waals surface area contributed by atoms with Gasteiger partial charge in [0.1, 0.15) is 10.7 Å². The predicted octanol–water partition coefficient (Wildman–Crippen LogP) is 2.25. The van der Waals surface area contributed by atoms with Crippen molar-refractivity contribution >= 4 is 27.3 Å². The van der Waals surface area contributed by atoms with E-state index in [1.165, 1.54) is 0 Å². The predicted molar refractivity (Wildman–Crippen MR) is 68.2 cm³/mol. The molecule has 0 atom stereocenters. The van der Waals surface area contributed by atoms with Crippen LogP contribution in [0.25, 0.3) is 10.7 Å². The van der Waals surface area contributed by atoms with E-state index in [0.29, 0.717) is 6.54 Å². The summed E-state index contributed by atoms with van der Waals surface area (Å²) >= 11 is 5.02. The van der Waals surface area contributed by atoms with E-state index in [-0.39, 0.29) is 0 Å². The van der Waals surface area contributed by atoms with Gasteiger partial charge in [-0.15, -0.1) is 10.2 Å². The summed E-state index contributed by atoms with van der Waals surface area (Å²) in [5, 5.41) is 10.1. The average Bonchev–Trinajstić information content (AvgIpc) is 2.75. The molecule has 0 radical (unpaired) electrons. The van der Waals surface area contributed by atoms with E-state index in [1.54, 1.807) is 17.5 Å². The fourth-order valence-electron chi connectivity index (χ4n) is 1.25. The summed E-state index contributed by atoms with van der Waals surface area (Å²) in [7, 11) is 0. The molecule has 6 heteroatoms. The Hall–Kier alpha value is -0.850. The summed E-state index contributed by atoms with van der Waals surface area (Å²) in [6.07, 6.45) is 3.58. The lowest BCUT2D eigenvalue weighted by atomic mass is 10.3. The quantitative estimate of drug-likeness (QED) is 0.940. The van der Waals surface area contributed by atoms with Crippen LogP contribution in [0.1, 0.15) is 11.4 Å². The first-order valence-electron chi connectivity index (χ1n) is 4.94. The average molecular weight is 299 g/mol. The van der Waals surface area contributed by atoms with E-state index in [0.717, 1.165) is 33.0 Å². The molecule has 0 fully saturated rings. The zero-order chi connectivity index (χ0) is 11.4. The fourth-order valence-corrected chi connectivity index (χ4v) is 2.71. The van der Waals surface area contributed by atoms with Gasteiger partial charge in [0, 0.05) is 17.1 Å². The van der Waals surface area contributed by atoms with E-state index in [4.69, 9.17) is 5.73 Å². The van der Waals surface area contributed by atoms with Gasteiger partial charge in [0.2, 0.25) is 0 Å². The van der Waals surface area contributed by atoms with Gasteiger partial charge >= 0.3 is 0 Å². The maximum absolute atomic E-state index is 5.45. The van der Waals surface area contributed by atoms with Gasteiger partial charge in [-0.3, -0.25) is 4.98 Å². The number of hydrogen-bond acceptors (Lipinski definition) is 5. The fraction of sp³-hybridized carbons (Fsp3) is 0.300. The van der Waals surface area contributed by atoms with Gasteiger partial charge in [-0.1, -0.05) is 11.3 Å². The van der Waals surface area contributed by atoms with Gasteiger partial charge in [-0.05, 0) is 41.0 Å². The number of halogens is 1. The number of pyridine rings is 1. The van der Waals surface area contributed by atoms with E-state index in [9.17, 15) is 0 Å². The van der Waals surface area contributed by atoms with Gasteiger partial charge in [0.25, 0.3) is 0 Å². The summed E-state index contributed by atoms with van der Waals surface area (Å²) < 4.78 is 0.941.